The lowest BCUT2D eigenvalue weighted by Gasteiger charge is -2.40. The van der Waals surface area contributed by atoms with E-state index in [4.69, 9.17) is 0 Å². The molecule has 1 fully saturated rings. The van der Waals surface area contributed by atoms with E-state index in [1.807, 2.05) is 25.1 Å². The van der Waals surface area contributed by atoms with Gasteiger partial charge in [-0.2, -0.15) is 19.5 Å². The fourth-order valence-electron chi connectivity index (χ4n) is 4.15. The van der Waals surface area contributed by atoms with Crippen LogP contribution in [-0.4, -0.2) is 77.5 Å². The molecule has 2 N–H and O–H groups in total. The molecule has 0 aromatic carbocycles. The summed E-state index contributed by atoms with van der Waals surface area (Å²) in [6, 6.07) is 4.96. The van der Waals surface area contributed by atoms with Gasteiger partial charge in [0.25, 0.3) is 0 Å². The molecule has 2 unspecified atom stereocenters. The number of fused-ring (bicyclic) bond motifs is 1. The summed E-state index contributed by atoms with van der Waals surface area (Å²) in [7, 11) is -0.108. The molecule has 4 heterocycles. The van der Waals surface area contributed by atoms with Crippen LogP contribution in [-0.2, 0) is 10.0 Å². The van der Waals surface area contributed by atoms with E-state index in [0.717, 1.165) is 33.0 Å². The van der Waals surface area contributed by atoms with Gasteiger partial charge in [0.2, 0.25) is 16.0 Å². The third-order valence-corrected chi connectivity index (χ3v) is 7.69. The molecule has 13 heteroatoms. The summed E-state index contributed by atoms with van der Waals surface area (Å²) in [6.07, 6.45) is 5.81. The number of nitrogens with zero attached hydrogens (tertiary/aromatic N) is 7. The van der Waals surface area contributed by atoms with Crippen molar-refractivity contribution in [2.24, 2.45) is 10.2 Å². The van der Waals surface area contributed by atoms with Crippen LogP contribution >= 0.6 is 0 Å². The zero-order valence-electron chi connectivity index (χ0n) is 23.2. The molecule has 2 atom stereocenters. The highest BCUT2D eigenvalue weighted by atomic mass is 32.2. The summed E-state index contributed by atoms with van der Waals surface area (Å²) in [4.78, 5) is 9.21. The van der Waals surface area contributed by atoms with Gasteiger partial charge in [-0.25, -0.2) is 17.3 Å². The molecule has 3 aromatic rings. The highest BCUT2D eigenvalue weighted by molar-refractivity contribution is 7.88. The number of pyridine rings is 1. The predicted molar refractivity (Wildman–Crippen MR) is 149 cm³/mol. The molecule has 38 heavy (non-hydrogen) atoms. The monoisotopic (exact) mass is 547 g/mol. The predicted octanol–water partition coefficient (Wildman–Crippen LogP) is 4.84. The lowest BCUT2D eigenvalue weighted by Crippen LogP contribution is -2.56. The number of anilines is 2. The van der Waals surface area contributed by atoms with E-state index in [9.17, 15) is 8.42 Å². The molecule has 1 saturated heterocycles. The number of hydrogen-bond acceptors (Lipinski definition) is 9. The quantitative estimate of drug-likeness (QED) is 0.405. The van der Waals surface area contributed by atoms with Crippen molar-refractivity contribution in [1.82, 2.24) is 23.9 Å². The molecule has 4 rings (SSSR count). The number of piperidine rings is 1. The maximum absolute atomic E-state index is 15.4. The standard InChI is InChI=1S/C21H28FN9O2S.C4H10/c1-13-15(28-24-4)6-7-16(25-13)14-8-11-31-18(14)19(23-3)27-20(29-31)26-17-9-10-30(34(5,32)33)12-21(17,2)22;1-3-4-2/h6-8,11,17H,9-10,12H2,1-5H3,(H2,23,26,27,29);3-4H2,1-2H3. The first-order chi connectivity index (χ1) is 17.9. The first-order valence-electron chi connectivity index (χ1n) is 12.7. The van der Waals surface area contributed by atoms with Gasteiger partial charge in [0, 0.05) is 38.9 Å². The third kappa shape index (κ3) is 6.62. The minimum Gasteiger partial charge on any atom is -0.371 e. The first kappa shape index (κ1) is 29.4. The second-order valence-electron chi connectivity index (χ2n) is 9.52. The molecule has 0 spiro atoms. The number of hydrogen-bond donors (Lipinski definition) is 2. The molecule has 208 valence electrons. The fourth-order valence-corrected chi connectivity index (χ4v) is 5.08. The Morgan fingerprint density at radius 1 is 1.21 bits per heavy atom. The van der Waals surface area contributed by atoms with Crippen molar-refractivity contribution in [1.29, 1.82) is 0 Å². The Balaban J connectivity index is 0.000000934. The third-order valence-electron chi connectivity index (χ3n) is 6.44. The zero-order chi connectivity index (χ0) is 28.1. The summed E-state index contributed by atoms with van der Waals surface area (Å²) < 4.78 is 41.9. The average Bonchev–Trinajstić information content (AvgIpc) is 3.29. The Hall–Kier alpha value is -3.19. The summed E-state index contributed by atoms with van der Waals surface area (Å²) in [6.45, 7) is 7.62. The second-order valence-corrected chi connectivity index (χ2v) is 11.5. The number of sulfonamides is 1. The summed E-state index contributed by atoms with van der Waals surface area (Å²) in [5.41, 5.74) is 1.94. The molecular formula is C25H38FN9O2S. The van der Waals surface area contributed by atoms with Crippen molar-refractivity contribution in [2.45, 2.75) is 58.7 Å². The Labute approximate surface area is 224 Å². The van der Waals surface area contributed by atoms with Gasteiger partial charge in [0.1, 0.15) is 16.9 Å². The molecule has 0 saturated carbocycles. The van der Waals surface area contributed by atoms with Crippen LogP contribution in [0.5, 0.6) is 0 Å². The maximum atomic E-state index is 15.4. The largest absolute Gasteiger partial charge is 0.371 e. The molecule has 0 bridgehead atoms. The number of alkyl halides is 1. The topological polar surface area (TPSA) is 129 Å². The summed E-state index contributed by atoms with van der Waals surface area (Å²) in [5.74, 6) is 0.784. The van der Waals surface area contributed by atoms with Gasteiger partial charge < -0.3 is 10.6 Å². The molecule has 0 radical (unpaired) electrons. The Bertz CT molecular complexity index is 1390. The van der Waals surface area contributed by atoms with E-state index >= 15 is 4.39 Å². The lowest BCUT2D eigenvalue weighted by molar-refractivity contribution is 0.0873. The van der Waals surface area contributed by atoms with E-state index in [2.05, 4.69) is 49.8 Å². The normalized spacial score (nSPS) is 20.4. The van der Waals surface area contributed by atoms with Gasteiger partial charge in [-0.15, -0.1) is 5.10 Å². The van der Waals surface area contributed by atoms with Crippen LogP contribution in [0.4, 0.5) is 21.8 Å². The van der Waals surface area contributed by atoms with Gasteiger partial charge in [-0.3, -0.25) is 4.98 Å². The van der Waals surface area contributed by atoms with E-state index in [0.29, 0.717) is 11.5 Å². The van der Waals surface area contributed by atoms with Crippen LogP contribution in [0.25, 0.3) is 16.8 Å². The minimum atomic E-state index is -3.46. The van der Waals surface area contributed by atoms with Gasteiger partial charge >= 0.3 is 0 Å². The van der Waals surface area contributed by atoms with Crippen LogP contribution in [0.15, 0.2) is 34.6 Å². The highest BCUT2D eigenvalue weighted by Gasteiger charge is 2.43. The van der Waals surface area contributed by atoms with Crippen LogP contribution in [0.3, 0.4) is 0 Å². The van der Waals surface area contributed by atoms with Crippen LogP contribution in [0, 0.1) is 6.92 Å². The average molecular weight is 548 g/mol. The minimum absolute atomic E-state index is 0.225. The maximum Gasteiger partial charge on any atom is 0.243 e. The van der Waals surface area contributed by atoms with E-state index < -0.39 is 21.7 Å². The molecule has 0 aliphatic carbocycles. The summed E-state index contributed by atoms with van der Waals surface area (Å²) >= 11 is 0. The number of aromatic nitrogens is 4. The van der Waals surface area contributed by atoms with Crippen molar-refractivity contribution in [3.8, 4) is 11.3 Å². The first-order valence-corrected chi connectivity index (χ1v) is 14.6. The van der Waals surface area contributed by atoms with Gasteiger partial charge in [0.05, 0.1) is 23.7 Å². The van der Waals surface area contributed by atoms with Crippen molar-refractivity contribution in [3.63, 3.8) is 0 Å². The number of unbranched alkanes of at least 4 members (excludes halogenated alkanes) is 1. The lowest BCUT2D eigenvalue weighted by atomic mass is 9.92. The number of azo groups is 1. The second kappa shape index (κ2) is 12.1. The van der Waals surface area contributed by atoms with Crippen molar-refractivity contribution in [3.05, 3.63) is 30.1 Å². The van der Waals surface area contributed by atoms with Gasteiger partial charge in [0.15, 0.2) is 5.82 Å². The van der Waals surface area contributed by atoms with E-state index in [1.165, 1.54) is 19.8 Å². The summed E-state index contributed by atoms with van der Waals surface area (Å²) in [5, 5.41) is 18.5. The Morgan fingerprint density at radius 3 is 2.47 bits per heavy atom. The molecular weight excluding hydrogens is 509 g/mol. The van der Waals surface area contributed by atoms with Crippen molar-refractivity contribution in [2.75, 3.05) is 44.1 Å². The van der Waals surface area contributed by atoms with Crippen LogP contribution in [0.2, 0.25) is 0 Å². The number of nitrogens with one attached hydrogen (secondary N) is 2. The Morgan fingerprint density at radius 2 is 1.92 bits per heavy atom. The number of rotatable bonds is 7. The van der Waals surface area contributed by atoms with Crippen LogP contribution < -0.4 is 10.6 Å². The van der Waals surface area contributed by atoms with E-state index in [-0.39, 0.29) is 25.5 Å². The number of halogens is 1. The SMILES string of the molecule is CCCC.CN=Nc1ccc(-c2ccn3nc(NC4CCN(S(C)(=O)=O)CC4(C)F)nc(NC)c23)nc1C. The van der Waals surface area contributed by atoms with Gasteiger partial charge in [-0.05, 0) is 38.5 Å². The van der Waals surface area contributed by atoms with Crippen molar-refractivity contribution >= 4 is 33.0 Å². The molecule has 0 amide bonds. The highest BCUT2D eigenvalue weighted by Crippen LogP contribution is 2.32. The van der Waals surface area contributed by atoms with Crippen molar-refractivity contribution < 1.29 is 12.8 Å². The zero-order valence-corrected chi connectivity index (χ0v) is 24.0. The molecule has 3 aromatic heterocycles. The fraction of sp³-hybridized carbons (Fsp3) is 0.560. The molecule has 1 aliphatic heterocycles. The smallest absolute Gasteiger partial charge is 0.243 e. The van der Waals surface area contributed by atoms with Crippen LogP contribution in [0.1, 0.15) is 45.7 Å². The molecule has 1 aliphatic rings. The molecule has 11 nitrogen and oxygen atoms in total. The number of aryl methyl sites for hydroxylation is 1. The van der Waals surface area contributed by atoms with Gasteiger partial charge in [-0.1, -0.05) is 26.7 Å². The van der Waals surface area contributed by atoms with E-state index in [1.54, 1.807) is 24.8 Å². The Kier molecular flexibility index (Phi) is 9.36.